The van der Waals surface area contributed by atoms with Gasteiger partial charge in [0.1, 0.15) is 5.70 Å². The standard InChI is InChI=1S/C24H19BrN4O6/c1-35-21-13-16(11-19(25)22(21)30)14-26-28-24(32)20(27-23(31)17-5-3-2-4-6-17)12-15-7-9-18(10-8-15)29(33)34/h2-14,30H,1H3,(H,27,31)(H,28,32)/b20-12+,26-14+. The molecule has 0 heterocycles. The van der Waals surface area contributed by atoms with E-state index in [-0.39, 0.29) is 22.9 Å². The molecule has 0 spiro atoms. The van der Waals surface area contributed by atoms with Crippen LogP contribution in [0, 0.1) is 10.1 Å². The molecule has 0 bridgehead atoms. The van der Waals surface area contributed by atoms with E-state index in [9.17, 15) is 24.8 Å². The van der Waals surface area contributed by atoms with Crippen LogP contribution in [0.15, 0.2) is 82.0 Å². The Morgan fingerprint density at radius 3 is 2.40 bits per heavy atom. The molecule has 3 rings (SSSR count). The van der Waals surface area contributed by atoms with Gasteiger partial charge in [-0.3, -0.25) is 19.7 Å². The highest BCUT2D eigenvalue weighted by Crippen LogP contribution is 2.34. The lowest BCUT2D eigenvalue weighted by atomic mass is 10.1. The van der Waals surface area contributed by atoms with Crippen molar-refractivity contribution >= 4 is 45.7 Å². The van der Waals surface area contributed by atoms with Crippen molar-refractivity contribution in [1.82, 2.24) is 10.7 Å². The first kappa shape index (κ1) is 25.1. The van der Waals surface area contributed by atoms with Crippen LogP contribution in [0.4, 0.5) is 5.69 Å². The minimum Gasteiger partial charge on any atom is -0.503 e. The van der Waals surface area contributed by atoms with E-state index in [4.69, 9.17) is 4.74 Å². The van der Waals surface area contributed by atoms with Crippen LogP contribution in [0.5, 0.6) is 11.5 Å². The number of nitrogens with one attached hydrogen (secondary N) is 2. The summed E-state index contributed by atoms with van der Waals surface area (Å²) in [5, 5.41) is 27.2. The Balaban J connectivity index is 1.84. The molecule has 178 valence electrons. The third-order valence-corrected chi connectivity index (χ3v) is 5.20. The molecule has 0 aliphatic rings. The number of hydrogen-bond donors (Lipinski definition) is 3. The Bertz CT molecular complexity index is 1310. The zero-order chi connectivity index (χ0) is 25.4. The van der Waals surface area contributed by atoms with Crippen LogP contribution in [-0.2, 0) is 4.79 Å². The van der Waals surface area contributed by atoms with Crippen LogP contribution < -0.4 is 15.5 Å². The number of methoxy groups -OCH3 is 1. The lowest BCUT2D eigenvalue weighted by Gasteiger charge is -2.09. The van der Waals surface area contributed by atoms with Crippen molar-refractivity contribution in [3.05, 3.63) is 104 Å². The molecule has 0 aromatic heterocycles. The summed E-state index contributed by atoms with van der Waals surface area (Å²) in [5.74, 6) is -1.12. The lowest BCUT2D eigenvalue weighted by Crippen LogP contribution is -2.32. The number of ether oxygens (including phenoxy) is 1. The van der Waals surface area contributed by atoms with Crippen molar-refractivity contribution in [2.75, 3.05) is 7.11 Å². The fourth-order valence-electron chi connectivity index (χ4n) is 2.85. The van der Waals surface area contributed by atoms with Crippen molar-refractivity contribution in [2.45, 2.75) is 0 Å². The second kappa shape index (κ2) is 11.6. The summed E-state index contributed by atoms with van der Waals surface area (Å²) in [6.07, 6.45) is 2.70. The number of phenols is 1. The number of carbonyl (C=O) groups excluding carboxylic acids is 2. The molecule has 3 aromatic rings. The molecule has 0 aliphatic carbocycles. The molecule has 2 amide bonds. The monoisotopic (exact) mass is 538 g/mol. The average Bonchev–Trinajstić information content (AvgIpc) is 2.86. The summed E-state index contributed by atoms with van der Waals surface area (Å²) in [6, 6.07) is 16.8. The van der Waals surface area contributed by atoms with E-state index in [1.54, 1.807) is 36.4 Å². The third-order valence-electron chi connectivity index (χ3n) is 4.59. The molecule has 35 heavy (non-hydrogen) atoms. The number of amides is 2. The molecule has 10 nitrogen and oxygen atoms in total. The van der Waals surface area contributed by atoms with Crippen molar-refractivity contribution in [3.63, 3.8) is 0 Å². The molecule has 0 saturated heterocycles. The fraction of sp³-hybridized carbons (Fsp3) is 0.0417. The van der Waals surface area contributed by atoms with Gasteiger partial charge in [0.05, 0.1) is 22.7 Å². The first-order valence-corrected chi connectivity index (χ1v) is 10.8. The van der Waals surface area contributed by atoms with E-state index >= 15 is 0 Å². The van der Waals surface area contributed by atoms with Crippen molar-refractivity contribution in [3.8, 4) is 11.5 Å². The first-order chi connectivity index (χ1) is 16.8. The van der Waals surface area contributed by atoms with E-state index < -0.39 is 16.7 Å². The van der Waals surface area contributed by atoms with Gasteiger partial charge in [-0.05, 0) is 69.5 Å². The van der Waals surface area contributed by atoms with Gasteiger partial charge in [-0.1, -0.05) is 18.2 Å². The van der Waals surface area contributed by atoms with Crippen LogP contribution in [0.1, 0.15) is 21.5 Å². The van der Waals surface area contributed by atoms with Crippen LogP contribution in [-0.4, -0.2) is 35.2 Å². The Morgan fingerprint density at radius 2 is 1.77 bits per heavy atom. The maximum absolute atomic E-state index is 12.8. The highest BCUT2D eigenvalue weighted by Gasteiger charge is 2.15. The number of rotatable bonds is 8. The van der Waals surface area contributed by atoms with Gasteiger partial charge in [-0.2, -0.15) is 5.10 Å². The van der Waals surface area contributed by atoms with E-state index in [1.165, 1.54) is 49.7 Å². The van der Waals surface area contributed by atoms with E-state index in [1.807, 2.05) is 0 Å². The number of hydrazone groups is 1. The average molecular weight is 539 g/mol. The van der Waals surface area contributed by atoms with Crippen LogP contribution in [0.25, 0.3) is 6.08 Å². The molecule has 0 fully saturated rings. The number of carbonyl (C=O) groups is 2. The Morgan fingerprint density at radius 1 is 1.09 bits per heavy atom. The van der Waals surface area contributed by atoms with Gasteiger partial charge in [0, 0.05) is 17.7 Å². The van der Waals surface area contributed by atoms with Crippen molar-refractivity contribution in [1.29, 1.82) is 0 Å². The van der Waals surface area contributed by atoms with E-state index in [0.29, 0.717) is 21.2 Å². The smallest absolute Gasteiger partial charge is 0.287 e. The number of nitro groups is 1. The van der Waals surface area contributed by atoms with Gasteiger partial charge in [0.25, 0.3) is 17.5 Å². The highest BCUT2D eigenvalue weighted by atomic mass is 79.9. The normalized spacial score (nSPS) is 11.2. The van der Waals surface area contributed by atoms with E-state index in [2.05, 4.69) is 31.8 Å². The van der Waals surface area contributed by atoms with Gasteiger partial charge < -0.3 is 15.2 Å². The first-order valence-electron chi connectivity index (χ1n) is 10.0. The fourth-order valence-corrected chi connectivity index (χ4v) is 3.31. The second-order valence-electron chi connectivity index (χ2n) is 6.98. The summed E-state index contributed by atoms with van der Waals surface area (Å²) >= 11 is 3.20. The molecular formula is C24H19BrN4O6. The quantitative estimate of drug-likeness (QED) is 0.171. The minimum atomic E-state index is -0.728. The van der Waals surface area contributed by atoms with Gasteiger partial charge >= 0.3 is 0 Å². The summed E-state index contributed by atoms with van der Waals surface area (Å²) in [6.45, 7) is 0. The van der Waals surface area contributed by atoms with Gasteiger partial charge in [-0.25, -0.2) is 5.43 Å². The SMILES string of the molecule is COc1cc(/C=N/NC(=O)/C(=C\c2ccc([N+](=O)[O-])cc2)NC(=O)c2ccccc2)cc(Br)c1O. The molecule has 0 saturated carbocycles. The molecule has 0 aliphatic heterocycles. The Hall–Kier alpha value is -4.51. The zero-order valence-electron chi connectivity index (χ0n) is 18.3. The van der Waals surface area contributed by atoms with Crippen LogP contribution in [0.3, 0.4) is 0 Å². The summed E-state index contributed by atoms with van der Waals surface area (Å²) < 4.78 is 5.45. The molecule has 0 unspecified atom stereocenters. The van der Waals surface area contributed by atoms with Crippen LogP contribution >= 0.6 is 15.9 Å². The number of benzene rings is 3. The largest absolute Gasteiger partial charge is 0.503 e. The Labute approximate surface area is 208 Å². The number of aromatic hydroxyl groups is 1. The predicted octanol–water partition coefficient (Wildman–Crippen LogP) is 3.99. The minimum absolute atomic E-state index is 0.0781. The number of non-ortho nitro benzene ring substituents is 1. The maximum Gasteiger partial charge on any atom is 0.287 e. The maximum atomic E-state index is 12.8. The molecule has 11 heteroatoms. The zero-order valence-corrected chi connectivity index (χ0v) is 19.9. The molecular weight excluding hydrogens is 520 g/mol. The van der Waals surface area contributed by atoms with Gasteiger partial charge in [-0.15, -0.1) is 0 Å². The van der Waals surface area contributed by atoms with Crippen molar-refractivity contribution in [2.24, 2.45) is 5.10 Å². The third kappa shape index (κ3) is 6.74. The van der Waals surface area contributed by atoms with Crippen molar-refractivity contribution < 1.29 is 24.4 Å². The second-order valence-corrected chi connectivity index (χ2v) is 7.83. The van der Waals surface area contributed by atoms with Crippen LogP contribution in [0.2, 0.25) is 0 Å². The number of nitro benzene ring substituents is 1. The molecule has 3 N–H and O–H groups in total. The number of halogens is 1. The van der Waals surface area contributed by atoms with Gasteiger partial charge in [0.2, 0.25) is 0 Å². The highest BCUT2D eigenvalue weighted by molar-refractivity contribution is 9.10. The molecule has 0 atom stereocenters. The number of nitrogens with zero attached hydrogens (tertiary/aromatic N) is 2. The predicted molar refractivity (Wildman–Crippen MR) is 133 cm³/mol. The molecule has 0 radical (unpaired) electrons. The topological polar surface area (TPSA) is 143 Å². The summed E-state index contributed by atoms with van der Waals surface area (Å²) in [7, 11) is 1.40. The summed E-state index contributed by atoms with van der Waals surface area (Å²) in [4.78, 5) is 35.8. The lowest BCUT2D eigenvalue weighted by molar-refractivity contribution is -0.384. The Kier molecular flexibility index (Phi) is 8.30. The number of phenolic OH excluding ortho intramolecular Hbond substituents is 1. The number of hydrogen-bond acceptors (Lipinski definition) is 7. The summed E-state index contributed by atoms with van der Waals surface area (Å²) in [5.41, 5.74) is 3.39. The molecule has 3 aromatic carbocycles. The van der Waals surface area contributed by atoms with E-state index in [0.717, 1.165) is 0 Å². The van der Waals surface area contributed by atoms with Gasteiger partial charge in [0.15, 0.2) is 11.5 Å².